The molecule has 1 N–H and O–H groups in total. The van der Waals surface area contributed by atoms with E-state index in [1.807, 2.05) is 0 Å². The Morgan fingerprint density at radius 2 is 0.537 bits per heavy atom. The lowest BCUT2D eigenvalue weighted by Crippen LogP contribution is -2.28. The molecule has 0 aromatic rings. The van der Waals surface area contributed by atoms with Crippen LogP contribution in [-0.2, 0) is 19.1 Å². The molecule has 0 aromatic heterocycles. The van der Waals surface area contributed by atoms with E-state index in [1.165, 1.54) is 154 Å². The molecule has 0 aliphatic rings. The van der Waals surface area contributed by atoms with Crippen molar-refractivity contribution >= 4 is 11.9 Å². The molecule has 80 heavy (non-hydrogen) atoms. The average molecular weight is 1110 g/mol. The van der Waals surface area contributed by atoms with Gasteiger partial charge in [0, 0.05) is 12.8 Å². The number of ether oxygens (including phenoxy) is 2. The number of hydrogen-bond donors (Lipinski definition) is 1. The van der Waals surface area contributed by atoms with Gasteiger partial charge in [-0.1, -0.05) is 307 Å². The first kappa shape index (κ1) is 75.8. The van der Waals surface area contributed by atoms with Crippen molar-refractivity contribution in [1.29, 1.82) is 0 Å². The van der Waals surface area contributed by atoms with Crippen molar-refractivity contribution in [3.8, 4) is 0 Å². The van der Waals surface area contributed by atoms with Crippen molar-refractivity contribution in [1.82, 2.24) is 0 Å². The molecule has 5 nitrogen and oxygen atoms in total. The Bertz CT molecular complexity index is 1680. The van der Waals surface area contributed by atoms with Crippen LogP contribution in [0.15, 0.2) is 146 Å². The second kappa shape index (κ2) is 69.1. The average Bonchev–Trinajstić information content (AvgIpc) is 3.46. The van der Waals surface area contributed by atoms with Gasteiger partial charge in [0.15, 0.2) is 6.10 Å². The Labute approximate surface area is 495 Å². The summed E-state index contributed by atoms with van der Waals surface area (Å²) >= 11 is 0. The van der Waals surface area contributed by atoms with E-state index in [9.17, 15) is 14.7 Å². The third-order valence-electron chi connectivity index (χ3n) is 14.1. The van der Waals surface area contributed by atoms with Crippen LogP contribution in [0.1, 0.15) is 296 Å². The fraction of sp³-hybridized carbons (Fsp3) is 0.653. The van der Waals surface area contributed by atoms with Crippen LogP contribution in [0, 0.1) is 0 Å². The van der Waals surface area contributed by atoms with Crippen LogP contribution in [0.25, 0.3) is 0 Å². The second-order valence-corrected chi connectivity index (χ2v) is 21.8. The summed E-state index contributed by atoms with van der Waals surface area (Å²) in [6.45, 7) is 4.02. The van der Waals surface area contributed by atoms with Gasteiger partial charge in [-0.2, -0.15) is 0 Å². The quantitative estimate of drug-likeness (QED) is 0.0373. The third-order valence-corrected chi connectivity index (χ3v) is 14.1. The number of esters is 2. The predicted octanol–water partition coefficient (Wildman–Crippen LogP) is 23.3. The van der Waals surface area contributed by atoms with Gasteiger partial charge >= 0.3 is 11.9 Å². The summed E-state index contributed by atoms with van der Waals surface area (Å²) < 4.78 is 10.7. The van der Waals surface area contributed by atoms with E-state index in [0.717, 1.165) is 116 Å². The van der Waals surface area contributed by atoms with E-state index < -0.39 is 6.10 Å². The van der Waals surface area contributed by atoms with Crippen LogP contribution in [0.5, 0.6) is 0 Å². The molecule has 454 valence electrons. The van der Waals surface area contributed by atoms with Gasteiger partial charge < -0.3 is 14.6 Å². The van der Waals surface area contributed by atoms with Crippen molar-refractivity contribution < 1.29 is 24.2 Å². The Balaban J connectivity index is 3.60. The minimum Gasteiger partial charge on any atom is -0.462 e. The number of hydrogen-bond acceptors (Lipinski definition) is 5. The van der Waals surface area contributed by atoms with Crippen LogP contribution >= 0.6 is 0 Å². The summed E-state index contributed by atoms with van der Waals surface area (Å²) in [4.78, 5) is 24.6. The minimum absolute atomic E-state index is 0.0859. The number of unbranched alkanes of at least 4 members (excludes halogenated alkanes) is 28. The van der Waals surface area contributed by atoms with Gasteiger partial charge in [-0.25, -0.2) is 0 Å². The second-order valence-electron chi connectivity index (χ2n) is 21.8. The smallest absolute Gasteiger partial charge is 0.306 e. The molecule has 0 amide bonds. The summed E-state index contributed by atoms with van der Waals surface area (Å²) in [6.07, 6.45) is 104. The monoisotopic (exact) mass is 1100 g/mol. The minimum atomic E-state index is -0.801. The molecule has 0 aromatic carbocycles. The zero-order valence-corrected chi connectivity index (χ0v) is 52.0. The first-order valence-electron chi connectivity index (χ1n) is 33.4. The molecular formula is C75H124O5. The molecule has 0 aliphatic carbocycles. The number of aliphatic hydroxyl groups is 1. The predicted molar refractivity (Wildman–Crippen MR) is 352 cm³/mol. The van der Waals surface area contributed by atoms with Gasteiger partial charge in [0.05, 0.1) is 6.61 Å². The Hall–Kier alpha value is -4.22. The fourth-order valence-corrected chi connectivity index (χ4v) is 9.14. The number of aliphatic hydroxyl groups excluding tert-OH is 1. The number of carbonyl (C=O) groups is 2. The van der Waals surface area contributed by atoms with E-state index in [-0.39, 0.29) is 25.2 Å². The Kier molecular flexibility index (Phi) is 65.4. The molecule has 5 heteroatoms. The summed E-state index contributed by atoms with van der Waals surface area (Å²) in [5.41, 5.74) is 0. The maximum atomic E-state index is 12.3. The summed E-state index contributed by atoms with van der Waals surface area (Å²) in [6, 6.07) is 0. The molecule has 0 aliphatic heterocycles. The van der Waals surface area contributed by atoms with Gasteiger partial charge in [-0.15, -0.1) is 0 Å². The lowest BCUT2D eigenvalue weighted by atomic mass is 10.0. The lowest BCUT2D eigenvalue weighted by molar-refractivity contribution is -0.161. The molecular weight excluding hydrogens is 981 g/mol. The van der Waals surface area contributed by atoms with E-state index in [0.29, 0.717) is 12.8 Å². The van der Waals surface area contributed by atoms with Crippen LogP contribution in [0.4, 0.5) is 0 Å². The molecule has 1 unspecified atom stereocenters. The van der Waals surface area contributed by atoms with Gasteiger partial charge in [0.1, 0.15) is 6.61 Å². The zero-order chi connectivity index (χ0) is 57.6. The van der Waals surface area contributed by atoms with E-state index in [1.54, 1.807) is 0 Å². The molecule has 0 saturated heterocycles. The third kappa shape index (κ3) is 66.3. The molecule has 0 radical (unpaired) electrons. The molecule has 0 saturated carbocycles. The molecule has 0 rings (SSSR count). The molecule has 0 bridgehead atoms. The largest absolute Gasteiger partial charge is 0.462 e. The van der Waals surface area contributed by atoms with E-state index in [2.05, 4.69) is 160 Å². The number of carbonyl (C=O) groups excluding carboxylic acids is 2. The van der Waals surface area contributed by atoms with Gasteiger partial charge in [-0.3, -0.25) is 9.59 Å². The van der Waals surface area contributed by atoms with Crippen LogP contribution in [-0.4, -0.2) is 36.4 Å². The zero-order valence-electron chi connectivity index (χ0n) is 52.0. The summed E-state index contributed by atoms with van der Waals surface area (Å²) in [5.74, 6) is -0.629. The van der Waals surface area contributed by atoms with Gasteiger partial charge in [-0.05, 0) is 122 Å². The lowest BCUT2D eigenvalue weighted by Gasteiger charge is -2.15. The SMILES string of the molecule is CC/C=C\C/C=C\C/C=C\C/C=C\C/C=C\C/C=C\C/C=C\C/C=C\C/C=C\C/C=C\C/C=C\CCCCCC(=O)OC(CO)COC(=O)CCCCCCCCCCCCCCCCCCC/C=C\CCCCCCCCCC. The Morgan fingerprint density at radius 3 is 0.838 bits per heavy atom. The standard InChI is InChI=1S/C75H124O5/c1-3-5-7-9-11-13-15-17-19-21-23-25-27-29-31-33-34-35-36-37-38-39-40-42-44-46-48-50-52-54-56-58-60-62-64-66-68-70-75(78)80-73(71-76)72-79-74(77)69-67-65-63-61-59-57-55-53-51-49-47-45-43-41-32-30-28-26-24-22-20-18-16-14-12-10-8-6-4-2/h5,7,11,13,17,19,22-25,29,31,34-35,37-38,40,42,46,48,52,54,58,60,73,76H,3-4,6,8-10,12,14-16,18,20-21,26-28,30,32-33,36,39,41,43-45,47,49-51,53,55-57,59,61-72H2,1-2H3/b7-5-,13-11-,19-17-,24-22-,25-23-,31-29-,35-34-,38-37-,42-40-,48-46-,54-52-,60-58-. The van der Waals surface area contributed by atoms with Crippen LogP contribution in [0.3, 0.4) is 0 Å². The molecule has 0 heterocycles. The highest BCUT2D eigenvalue weighted by molar-refractivity contribution is 5.70. The van der Waals surface area contributed by atoms with Crippen molar-refractivity contribution in [2.24, 2.45) is 0 Å². The van der Waals surface area contributed by atoms with Crippen LogP contribution in [0.2, 0.25) is 0 Å². The molecule has 1 atom stereocenters. The Morgan fingerprint density at radius 1 is 0.300 bits per heavy atom. The highest BCUT2D eigenvalue weighted by atomic mass is 16.6. The normalized spacial score (nSPS) is 13.2. The summed E-state index contributed by atoms with van der Waals surface area (Å²) in [7, 11) is 0. The fourth-order valence-electron chi connectivity index (χ4n) is 9.14. The van der Waals surface area contributed by atoms with E-state index >= 15 is 0 Å². The van der Waals surface area contributed by atoms with Gasteiger partial charge in [0.25, 0.3) is 0 Å². The van der Waals surface area contributed by atoms with Gasteiger partial charge in [0.2, 0.25) is 0 Å². The van der Waals surface area contributed by atoms with Crippen molar-refractivity contribution in [3.63, 3.8) is 0 Å². The highest BCUT2D eigenvalue weighted by Crippen LogP contribution is 2.16. The first-order valence-corrected chi connectivity index (χ1v) is 33.4. The number of rotatable bonds is 60. The van der Waals surface area contributed by atoms with Crippen LogP contribution < -0.4 is 0 Å². The first-order chi connectivity index (χ1) is 39.6. The maximum Gasteiger partial charge on any atom is 0.306 e. The highest BCUT2D eigenvalue weighted by Gasteiger charge is 2.16. The molecule has 0 fully saturated rings. The van der Waals surface area contributed by atoms with Crippen molar-refractivity contribution in [2.75, 3.05) is 13.2 Å². The topological polar surface area (TPSA) is 72.8 Å². The summed E-state index contributed by atoms with van der Waals surface area (Å²) in [5, 5.41) is 9.68. The van der Waals surface area contributed by atoms with E-state index in [4.69, 9.17) is 9.47 Å². The van der Waals surface area contributed by atoms with Crippen molar-refractivity contribution in [2.45, 2.75) is 302 Å². The number of allylic oxidation sites excluding steroid dienone is 24. The molecule has 0 spiro atoms. The van der Waals surface area contributed by atoms with Crippen molar-refractivity contribution in [3.05, 3.63) is 146 Å². The maximum absolute atomic E-state index is 12.3.